The van der Waals surface area contributed by atoms with Crippen LogP contribution in [0, 0.1) is 12.3 Å². The van der Waals surface area contributed by atoms with E-state index < -0.39 is 23.6 Å². The third-order valence-electron chi connectivity index (χ3n) is 8.32. The van der Waals surface area contributed by atoms with E-state index in [2.05, 4.69) is 20.4 Å². The summed E-state index contributed by atoms with van der Waals surface area (Å²) in [6.45, 7) is 9.54. The average Bonchev–Trinajstić information content (AvgIpc) is 3.61. The number of rotatable bonds is 15. The Morgan fingerprint density at radius 3 is 2.22 bits per heavy atom. The van der Waals surface area contributed by atoms with Crippen molar-refractivity contribution in [2.75, 3.05) is 13.7 Å². The van der Waals surface area contributed by atoms with E-state index >= 15 is 0 Å². The second kappa shape index (κ2) is 16.8. The lowest BCUT2D eigenvalue weighted by molar-refractivity contribution is -0.144. The number of nitrogens with one attached hydrogen (secondary N) is 2. The second-order valence-corrected chi connectivity index (χ2v) is 13.9. The van der Waals surface area contributed by atoms with E-state index in [4.69, 9.17) is 0 Å². The Bertz CT molecular complexity index is 1290. The first-order chi connectivity index (χ1) is 21.3. The number of nitrogens with zero attached hydrogens (tertiary/aromatic N) is 2. The van der Waals surface area contributed by atoms with Gasteiger partial charge in [-0.25, -0.2) is 4.98 Å². The fraction of sp³-hybridized carbons (Fsp3) is 0.618. The molecule has 2 heterocycles. The van der Waals surface area contributed by atoms with E-state index in [1.54, 1.807) is 11.3 Å². The number of aromatic nitrogens is 1. The van der Waals surface area contributed by atoms with Gasteiger partial charge < -0.3 is 25.4 Å². The zero-order chi connectivity index (χ0) is 33.1. The molecule has 248 valence electrons. The number of ether oxygens (including phenoxy) is 1. The summed E-state index contributed by atoms with van der Waals surface area (Å²) < 4.78 is 4.65. The number of amides is 3. The van der Waals surface area contributed by atoms with Gasteiger partial charge in [0.2, 0.25) is 17.7 Å². The van der Waals surface area contributed by atoms with Gasteiger partial charge in [-0.3, -0.25) is 19.2 Å². The predicted octanol–water partition coefficient (Wildman–Crippen LogP) is 5.08. The Morgan fingerprint density at radius 1 is 1.02 bits per heavy atom. The Kier molecular flexibility index (Phi) is 13.5. The van der Waals surface area contributed by atoms with Gasteiger partial charge in [0.1, 0.15) is 12.1 Å². The summed E-state index contributed by atoms with van der Waals surface area (Å²) in [7, 11) is 1.39. The van der Waals surface area contributed by atoms with Crippen LogP contribution in [0.3, 0.4) is 0 Å². The lowest BCUT2D eigenvalue weighted by Crippen LogP contribution is -2.57. The Morgan fingerprint density at radius 2 is 1.64 bits per heavy atom. The summed E-state index contributed by atoms with van der Waals surface area (Å²) in [5, 5.41) is 16.5. The summed E-state index contributed by atoms with van der Waals surface area (Å²) in [5.74, 6) is -1.10. The second-order valence-electron chi connectivity index (χ2n) is 13.1. The number of aryl methyl sites for hydroxylation is 1. The van der Waals surface area contributed by atoms with Gasteiger partial charge >= 0.3 is 5.97 Å². The molecule has 4 atom stereocenters. The van der Waals surface area contributed by atoms with Gasteiger partial charge in [0, 0.05) is 25.8 Å². The number of unbranched alkanes of at least 4 members (excludes halogenated alkanes) is 5. The van der Waals surface area contributed by atoms with E-state index in [1.165, 1.54) is 12.0 Å². The minimum absolute atomic E-state index is 0.0344. The molecule has 0 radical (unpaired) electrons. The van der Waals surface area contributed by atoms with Crippen molar-refractivity contribution in [2.45, 2.75) is 117 Å². The molecule has 1 aliphatic heterocycles. The number of benzene rings is 1. The van der Waals surface area contributed by atoms with E-state index in [9.17, 15) is 24.3 Å². The highest BCUT2D eigenvalue weighted by Gasteiger charge is 2.44. The molecular formula is C34H50N4O6S. The molecule has 3 rings (SSSR count). The molecule has 10 nitrogen and oxygen atoms in total. The van der Waals surface area contributed by atoms with Gasteiger partial charge in [0.15, 0.2) is 0 Å². The van der Waals surface area contributed by atoms with Crippen LogP contribution in [0.5, 0.6) is 0 Å². The van der Waals surface area contributed by atoms with Gasteiger partial charge in [-0.15, -0.1) is 11.3 Å². The molecule has 0 aliphatic carbocycles. The number of aliphatic hydroxyl groups is 1. The summed E-state index contributed by atoms with van der Waals surface area (Å²) in [6.07, 6.45) is 5.31. The maximum atomic E-state index is 13.9. The largest absolute Gasteiger partial charge is 0.469 e. The molecule has 1 aromatic carbocycles. The van der Waals surface area contributed by atoms with E-state index in [1.807, 2.05) is 64.4 Å². The molecule has 1 aromatic heterocycles. The molecule has 0 bridgehead atoms. The molecule has 11 heteroatoms. The minimum Gasteiger partial charge on any atom is -0.469 e. The van der Waals surface area contributed by atoms with Crippen LogP contribution in [-0.2, 0) is 23.9 Å². The van der Waals surface area contributed by atoms with Crippen molar-refractivity contribution in [3.05, 3.63) is 41.0 Å². The van der Waals surface area contributed by atoms with Gasteiger partial charge in [-0.2, -0.15) is 0 Å². The molecule has 45 heavy (non-hydrogen) atoms. The van der Waals surface area contributed by atoms with Gasteiger partial charge in [0.25, 0.3) is 0 Å². The molecular weight excluding hydrogens is 592 g/mol. The standard InChI is InChI=1S/C34H50N4O6S/c1-22(24-15-17-25(18-16-24)30-23(2)35-21-45-30)36-32(42)27-19-26(39)20-38(27)33(43)31(34(3,4)5)37-28(40)13-11-9-7-8-10-12-14-29(41)44-6/h15-18,21-22,26-27,31,39H,7-14,19-20H2,1-6H3,(H,36,42)(H,37,40)/t22-,26+,27-,31?/m0/s1. The normalized spacial score (nSPS) is 17.9. The Hall–Kier alpha value is -3.31. The van der Waals surface area contributed by atoms with Crippen molar-refractivity contribution in [2.24, 2.45) is 5.41 Å². The van der Waals surface area contributed by atoms with Crippen molar-refractivity contribution < 1.29 is 29.0 Å². The van der Waals surface area contributed by atoms with Crippen LogP contribution in [-0.4, -0.2) is 70.5 Å². The molecule has 3 amide bonds. The van der Waals surface area contributed by atoms with Gasteiger partial charge in [0.05, 0.1) is 35.3 Å². The first-order valence-corrected chi connectivity index (χ1v) is 16.8. The van der Waals surface area contributed by atoms with Crippen molar-refractivity contribution >= 4 is 35.0 Å². The Labute approximate surface area is 271 Å². The number of aliphatic hydroxyl groups excluding tert-OH is 1. The van der Waals surface area contributed by atoms with Crippen LogP contribution in [0.25, 0.3) is 10.4 Å². The number of β-amino-alcohol motifs (C(OH)–C–C–N with tert-alkyl or cyclic N) is 1. The predicted molar refractivity (Wildman–Crippen MR) is 175 cm³/mol. The third kappa shape index (κ3) is 10.6. The first kappa shape index (κ1) is 36.2. The summed E-state index contributed by atoms with van der Waals surface area (Å²) in [6, 6.07) is 5.98. The highest BCUT2D eigenvalue weighted by molar-refractivity contribution is 7.13. The fourth-order valence-corrected chi connectivity index (χ4v) is 6.42. The van der Waals surface area contributed by atoms with E-state index in [0.29, 0.717) is 19.3 Å². The maximum absolute atomic E-state index is 13.9. The third-order valence-corrected chi connectivity index (χ3v) is 9.30. The summed E-state index contributed by atoms with van der Waals surface area (Å²) in [5.41, 5.74) is 4.18. The van der Waals surface area contributed by atoms with E-state index in [0.717, 1.165) is 53.8 Å². The quantitative estimate of drug-likeness (QED) is 0.182. The molecule has 1 fully saturated rings. The van der Waals surface area contributed by atoms with Crippen LogP contribution in [0.1, 0.15) is 103 Å². The highest BCUT2D eigenvalue weighted by atomic mass is 32.1. The number of esters is 1. The molecule has 2 aromatic rings. The number of methoxy groups -OCH3 is 1. The molecule has 0 spiro atoms. The van der Waals surface area contributed by atoms with Gasteiger partial charge in [-0.1, -0.05) is 70.7 Å². The zero-order valence-electron chi connectivity index (χ0n) is 27.6. The molecule has 1 aliphatic rings. The van der Waals surface area contributed by atoms with Gasteiger partial charge in [-0.05, 0) is 43.2 Å². The minimum atomic E-state index is -0.843. The molecule has 0 saturated carbocycles. The van der Waals surface area contributed by atoms with Crippen molar-refractivity contribution in [3.8, 4) is 10.4 Å². The number of hydrogen-bond donors (Lipinski definition) is 3. The van der Waals surface area contributed by atoms with Crippen LogP contribution in [0.4, 0.5) is 0 Å². The van der Waals surface area contributed by atoms with Crippen LogP contribution >= 0.6 is 11.3 Å². The molecule has 1 saturated heterocycles. The molecule has 1 unspecified atom stereocenters. The maximum Gasteiger partial charge on any atom is 0.305 e. The number of thiazole rings is 1. The fourth-order valence-electron chi connectivity index (χ4n) is 5.61. The zero-order valence-corrected chi connectivity index (χ0v) is 28.4. The Balaban J connectivity index is 1.54. The number of carbonyl (C=O) groups is 4. The van der Waals surface area contributed by atoms with E-state index in [-0.39, 0.29) is 42.7 Å². The monoisotopic (exact) mass is 642 g/mol. The van der Waals surface area contributed by atoms with Crippen molar-refractivity contribution in [1.29, 1.82) is 0 Å². The smallest absolute Gasteiger partial charge is 0.305 e. The molecule has 3 N–H and O–H groups in total. The summed E-state index contributed by atoms with van der Waals surface area (Å²) >= 11 is 1.58. The van der Waals surface area contributed by atoms with Crippen LogP contribution in [0.2, 0.25) is 0 Å². The lowest BCUT2D eigenvalue weighted by Gasteiger charge is -2.35. The summed E-state index contributed by atoms with van der Waals surface area (Å²) in [4.78, 5) is 58.3. The number of carbonyl (C=O) groups excluding carboxylic acids is 4. The first-order valence-electron chi connectivity index (χ1n) is 16.0. The average molecular weight is 643 g/mol. The SMILES string of the molecule is COC(=O)CCCCCCCCC(=O)NC(C(=O)N1C[C@H](O)C[C@H]1C(=O)N[C@@H](C)c1ccc(-c2scnc2C)cc1)C(C)(C)C. The highest BCUT2D eigenvalue weighted by Crippen LogP contribution is 2.29. The number of hydrogen-bond acceptors (Lipinski definition) is 8. The van der Waals surface area contributed by atoms with Crippen LogP contribution < -0.4 is 10.6 Å². The van der Waals surface area contributed by atoms with Crippen LogP contribution in [0.15, 0.2) is 29.8 Å². The van der Waals surface area contributed by atoms with Crippen molar-refractivity contribution in [1.82, 2.24) is 20.5 Å². The lowest BCUT2D eigenvalue weighted by atomic mass is 9.85. The number of likely N-dealkylation sites (tertiary alicyclic amines) is 1. The van der Waals surface area contributed by atoms with Crippen molar-refractivity contribution in [3.63, 3.8) is 0 Å². The topological polar surface area (TPSA) is 138 Å².